The van der Waals surface area contributed by atoms with Crippen LogP contribution in [-0.4, -0.2) is 16.2 Å². The maximum absolute atomic E-state index is 11.1. The largest absolute Gasteiger partial charge is 0.508 e. The summed E-state index contributed by atoms with van der Waals surface area (Å²) in [6, 6.07) is 10.8. The highest BCUT2D eigenvalue weighted by Gasteiger charge is 2.10. The molecule has 2 aromatic carbocycles. The van der Waals surface area contributed by atoms with E-state index in [0.29, 0.717) is 16.4 Å². The Balaban J connectivity index is 2.35. The van der Waals surface area contributed by atoms with Crippen LogP contribution in [0.2, 0.25) is 5.02 Å². The molecule has 3 N–H and O–H groups in total. The Kier molecular flexibility index (Phi) is 3.39. The number of nitrogens with one attached hydrogen (secondary N) is 1. The molecule has 92 valence electrons. The Hall–Kier alpha value is -2.20. The highest BCUT2D eigenvalue weighted by Crippen LogP contribution is 2.25. The summed E-state index contributed by atoms with van der Waals surface area (Å²) in [5.74, 6) is -0.891. The summed E-state index contributed by atoms with van der Waals surface area (Å²) in [6.45, 7) is 0. The lowest BCUT2D eigenvalue weighted by atomic mass is 10.1. The highest BCUT2D eigenvalue weighted by atomic mass is 35.5. The molecule has 2 rings (SSSR count). The Labute approximate surface area is 108 Å². The molecular weight excluding hydrogens is 254 g/mol. The minimum atomic E-state index is -1.03. The van der Waals surface area contributed by atoms with Gasteiger partial charge in [-0.3, -0.25) is 0 Å². The van der Waals surface area contributed by atoms with Gasteiger partial charge in [0.05, 0.1) is 11.3 Å². The summed E-state index contributed by atoms with van der Waals surface area (Å²) in [4.78, 5) is 11.1. The van der Waals surface area contributed by atoms with Crippen molar-refractivity contribution in [2.75, 3.05) is 5.32 Å². The van der Waals surface area contributed by atoms with Crippen LogP contribution in [0.1, 0.15) is 10.4 Å². The van der Waals surface area contributed by atoms with Gasteiger partial charge in [0.2, 0.25) is 0 Å². The second-order valence-corrected chi connectivity index (χ2v) is 4.10. The first-order valence-corrected chi connectivity index (χ1v) is 5.53. The monoisotopic (exact) mass is 263 g/mol. The average Bonchev–Trinajstić information content (AvgIpc) is 2.32. The van der Waals surface area contributed by atoms with Crippen molar-refractivity contribution in [3.05, 3.63) is 53.1 Å². The summed E-state index contributed by atoms with van der Waals surface area (Å²) in [5.41, 5.74) is 1.20. The molecule has 0 spiro atoms. The molecule has 2 aromatic rings. The lowest BCUT2D eigenvalue weighted by Gasteiger charge is -2.10. The van der Waals surface area contributed by atoms with Crippen LogP contribution in [0.15, 0.2) is 42.5 Å². The fraction of sp³-hybridized carbons (Fsp3) is 0. The minimum Gasteiger partial charge on any atom is -0.508 e. The maximum Gasteiger partial charge on any atom is 0.337 e. The molecular formula is C13H10ClNO3. The first-order chi connectivity index (χ1) is 8.56. The lowest BCUT2D eigenvalue weighted by molar-refractivity contribution is 0.0698. The number of carboxylic acid groups (broad SMARTS) is 1. The summed E-state index contributed by atoms with van der Waals surface area (Å²) < 4.78 is 0. The van der Waals surface area contributed by atoms with E-state index in [9.17, 15) is 4.79 Å². The van der Waals surface area contributed by atoms with Crippen LogP contribution in [0.4, 0.5) is 11.4 Å². The molecule has 0 aliphatic carbocycles. The number of aromatic hydroxyl groups is 1. The molecule has 0 heterocycles. The zero-order valence-corrected chi connectivity index (χ0v) is 9.98. The van der Waals surface area contributed by atoms with Gasteiger partial charge >= 0.3 is 5.97 Å². The number of hydrogen-bond acceptors (Lipinski definition) is 3. The van der Waals surface area contributed by atoms with E-state index >= 15 is 0 Å². The fourth-order valence-electron chi connectivity index (χ4n) is 1.51. The van der Waals surface area contributed by atoms with Crippen molar-refractivity contribution in [1.29, 1.82) is 0 Å². The highest BCUT2D eigenvalue weighted by molar-refractivity contribution is 6.31. The molecule has 4 nitrogen and oxygen atoms in total. The molecule has 18 heavy (non-hydrogen) atoms. The molecule has 0 saturated carbocycles. The van der Waals surface area contributed by atoms with Crippen LogP contribution in [-0.2, 0) is 0 Å². The Morgan fingerprint density at radius 1 is 1.11 bits per heavy atom. The normalized spacial score (nSPS) is 10.1. The van der Waals surface area contributed by atoms with Crippen molar-refractivity contribution < 1.29 is 15.0 Å². The first-order valence-electron chi connectivity index (χ1n) is 5.15. The molecule has 0 amide bonds. The van der Waals surface area contributed by atoms with Gasteiger partial charge < -0.3 is 15.5 Å². The second-order valence-electron chi connectivity index (χ2n) is 3.67. The van der Waals surface area contributed by atoms with Crippen LogP contribution < -0.4 is 5.32 Å². The molecule has 0 fully saturated rings. The van der Waals surface area contributed by atoms with E-state index in [1.807, 2.05) is 0 Å². The van der Waals surface area contributed by atoms with E-state index in [-0.39, 0.29) is 11.3 Å². The van der Waals surface area contributed by atoms with Gasteiger partial charge in [-0.25, -0.2) is 4.79 Å². The molecule has 0 unspecified atom stereocenters. The predicted octanol–water partition coefficient (Wildman–Crippen LogP) is 3.49. The van der Waals surface area contributed by atoms with Gasteiger partial charge in [0, 0.05) is 10.7 Å². The van der Waals surface area contributed by atoms with E-state index in [1.54, 1.807) is 12.1 Å². The molecule has 0 aromatic heterocycles. The number of halogens is 1. The number of rotatable bonds is 3. The molecule has 0 aliphatic rings. The molecule has 0 bridgehead atoms. The molecule has 0 atom stereocenters. The van der Waals surface area contributed by atoms with Gasteiger partial charge in [-0.1, -0.05) is 11.6 Å². The summed E-state index contributed by atoms with van der Waals surface area (Å²) in [7, 11) is 0. The summed E-state index contributed by atoms with van der Waals surface area (Å²) in [6.07, 6.45) is 0. The van der Waals surface area contributed by atoms with Gasteiger partial charge in [-0.15, -0.1) is 0 Å². The number of phenolic OH excluding ortho intramolecular Hbond substituents is 1. The van der Waals surface area contributed by atoms with E-state index in [4.69, 9.17) is 21.8 Å². The standard InChI is InChI=1S/C13H10ClNO3/c14-8-1-6-11(13(17)18)12(7-8)15-9-2-4-10(16)5-3-9/h1-7,15-16H,(H,17,18). The van der Waals surface area contributed by atoms with Gasteiger partial charge in [0.25, 0.3) is 0 Å². The lowest BCUT2D eigenvalue weighted by Crippen LogP contribution is -2.02. The third-order valence-electron chi connectivity index (χ3n) is 2.36. The number of anilines is 2. The van der Waals surface area contributed by atoms with Crippen LogP contribution in [0, 0.1) is 0 Å². The summed E-state index contributed by atoms with van der Waals surface area (Å²) >= 11 is 5.84. The third-order valence-corrected chi connectivity index (χ3v) is 2.59. The number of carboxylic acids is 1. The SMILES string of the molecule is O=C(O)c1ccc(Cl)cc1Nc1ccc(O)cc1. The molecule has 0 saturated heterocycles. The quantitative estimate of drug-likeness (QED) is 0.742. The summed E-state index contributed by atoms with van der Waals surface area (Å²) in [5, 5.41) is 21.6. The van der Waals surface area contributed by atoms with Crippen LogP contribution in [0.5, 0.6) is 5.75 Å². The topological polar surface area (TPSA) is 69.6 Å². The molecule has 0 aliphatic heterocycles. The van der Waals surface area contributed by atoms with Crippen LogP contribution >= 0.6 is 11.6 Å². The third kappa shape index (κ3) is 2.73. The zero-order chi connectivity index (χ0) is 13.1. The van der Waals surface area contributed by atoms with Crippen molar-refractivity contribution in [2.24, 2.45) is 0 Å². The number of hydrogen-bond donors (Lipinski definition) is 3. The van der Waals surface area contributed by atoms with E-state index in [0.717, 1.165) is 0 Å². The Morgan fingerprint density at radius 3 is 2.39 bits per heavy atom. The minimum absolute atomic E-state index is 0.132. The van der Waals surface area contributed by atoms with Gasteiger partial charge in [0.1, 0.15) is 5.75 Å². The Bertz CT molecular complexity index is 581. The molecule has 0 radical (unpaired) electrons. The van der Waals surface area contributed by atoms with Crippen molar-refractivity contribution in [3.63, 3.8) is 0 Å². The zero-order valence-electron chi connectivity index (χ0n) is 9.22. The van der Waals surface area contributed by atoms with Crippen LogP contribution in [0.3, 0.4) is 0 Å². The number of phenols is 1. The van der Waals surface area contributed by atoms with Gasteiger partial charge in [0.15, 0.2) is 0 Å². The number of carbonyl (C=O) groups is 1. The van der Waals surface area contributed by atoms with E-state index in [1.165, 1.54) is 30.3 Å². The van der Waals surface area contributed by atoms with E-state index in [2.05, 4.69) is 5.32 Å². The predicted molar refractivity (Wildman–Crippen MR) is 69.8 cm³/mol. The van der Waals surface area contributed by atoms with Gasteiger partial charge in [-0.2, -0.15) is 0 Å². The van der Waals surface area contributed by atoms with E-state index < -0.39 is 5.97 Å². The number of benzene rings is 2. The Morgan fingerprint density at radius 2 is 1.78 bits per heavy atom. The van der Waals surface area contributed by atoms with Crippen molar-refractivity contribution >= 4 is 28.9 Å². The average molecular weight is 264 g/mol. The second kappa shape index (κ2) is 4.98. The van der Waals surface area contributed by atoms with Crippen LogP contribution in [0.25, 0.3) is 0 Å². The van der Waals surface area contributed by atoms with Gasteiger partial charge in [-0.05, 0) is 42.5 Å². The number of aromatic carboxylic acids is 1. The molecule has 5 heteroatoms. The first kappa shape index (κ1) is 12.3. The fourth-order valence-corrected chi connectivity index (χ4v) is 1.68. The van der Waals surface area contributed by atoms with Crippen molar-refractivity contribution in [1.82, 2.24) is 0 Å². The van der Waals surface area contributed by atoms with Crippen molar-refractivity contribution in [3.8, 4) is 5.75 Å². The smallest absolute Gasteiger partial charge is 0.337 e. The van der Waals surface area contributed by atoms with Crippen molar-refractivity contribution in [2.45, 2.75) is 0 Å². The maximum atomic E-state index is 11.1.